The Morgan fingerprint density at radius 2 is 2.00 bits per heavy atom. The molecule has 0 bridgehead atoms. The van der Waals surface area contributed by atoms with Crippen LogP contribution in [0.2, 0.25) is 0 Å². The molecule has 0 saturated heterocycles. The summed E-state index contributed by atoms with van der Waals surface area (Å²) in [6.45, 7) is 2.53. The monoisotopic (exact) mass is 342 g/mol. The Hall–Kier alpha value is -2.89. The van der Waals surface area contributed by atoms with E-state index in [0.29, 0.717) is 18.8 Å². The maximum atomic E-state index is 13.5. The molecule has 25 heavy (non-hydrogen) atoms. The minimum absolute atomic E-state index is 0.0402. The van der Waals surface area contributed by atoms with Crippen LogP contribution in [0.4, 0.5) is 10.1 Å². The van der Waals surface area contributed by atoms with E-state index in [4.69, 9.17) is 4.74 Å². The van der Waals surface area contributed by atoms with Gasteiger partial charge < -0.3 is 15.0 Å². The van der Waals surface area contributed by atoms with Crippen molar-refractivity contribution in [1.29, 1.82) is 0 Å². The zero-order chi connectivity index (χ0) is 17.8. The highest BCUT2D eigenvalue weighted by Crippen LogP contribution is 2.23. The number of nitrogens with zero attached hydrogens (tertiary/aromatic N) is 1. The maximum absolute atomic E-state index is 13.5. The third kappa shape index (κ3) is 4.15. The molecule has 6 heteroatoms. The second-order valence-electron chi connectivity index (χ2n) is 5.94. The van der Waals surface area contributed by atoms with Crippen LogP contribution >= 0.6 is 0 Å². The molecular formula is C19H19FN2O3. The van der Waals surface area contributed by atoms with Crippen molar-refractivity contribution in [2.75, 3.05) is 18.5 Å². The number of fused-ring (bicyclic) bond motifs is 1. The molecule has 1 heterocycles. The van der Waals surface area contributed by atoms with Gasteiger partial charge in [-0.1, -0.05) is 18.2 Å². The summed E-state index contributed by atoms with van der Waals surface area (Å²) in [5.74, 6) is -0.797. The Labute approximate surface area is 145 Å². The average molecular weight is 342 g/mol. The van der Waals surface area contributed by atoms with Crippen molar-refractivity contribution in [2.24, 2.45) is 0 Å². The van der Waals surface area contributed by atoms with E-state index in [9.17, 15) is 14.0 Å². The van der Waals surface area contributed by atoms with E-state index in [1.54, 1.807) is 24.0 Å². The summed E-state index contributed by atoms with van der Waals surface area (Å²) in [5.41, 5.74) is 2.83. The molecular weight excluding hydrogens is 323 g/mol. The van der Waals surface area contributed by atoms with Crippen LogP contribution < -0.4 is 10.1 Å². The molecule has 0 fully saturated rings. The van der Waals surface area contributed by atoms with Crippen molar-refractivity contribution in [3.63, 3.8) is 0 Å². The Morgan fingerprint density at radius 3 is 2.76 bits per heavy atom. The zero-order valence-corrected chi connectivity index (χ0v) is 13.9. The predicted molar refractivity (Wildman–Crippen MR) is 91.8 cm³/mol. The summed E-state index contributed by atoms with van der Waals surface area (Å²) in [5, 5.41) is 2.74. The van der Waals surface area contributed by atoms with Crippen LogP contribution in [0.25, 0.3) is 0 Å². The number of ether oxygens (including phenoxy) is 1. The first kappa shape index (κ1) is 17.0. The Kier molecular flexibility index (Phi) is 4.97. The van der Waals surface area contributed by atoms with Crippen molar-refractivity contribution < 1.29 is 18.7 Å². The van der Waals surface area contributed by atoms with E-state index in [0.717, 1.165) is 12.0 Å². The normalized spacial score (nSPS) is 13.1. The largest absolute Gasteiger partial charge is 0.481 e. The molecule has 0 aliphatic carbocycles. The van der Waals surface area contributed by atoms with Crippen LogP contribution in [0.1, 0.15) is 18.1 Å². The molecule has 0 spiro atoms. The van der Waals surface area contributed by atoms with Crippen molar-refractivity contribution in [3.05, 3.63) is 59.4 Å². The van der Waals surface area contributed by atoms with E-state index in [2.05, 4.69) is 5.32 Å². The first-order valence-electron chi connectivity index (χ1n) is 8.07. The minimum Gasteiger partial charge on any atom is -0.481 e. The zero-order valence-electron chi connectivity index (χ0n) is 13.9. The molecule has 1 aliphatic rings. The van der Waals surface area contributed by atoms with Gasteiger partial charge in [-0.05, 0) is 41.8 Å². The van der Waals surface area contributed by atoms with E-state index < -0.39 is 5.82 Å². The van der Waals surface area contributed by atoms with Gasteiger partial charge in [0.15, 0.2) is 18.2 Å². The summed E-state index contributed by atoms with van der Waals surface area (Å²) >= 11 is 0. The summed E-state index contributed by atoms with van der Waals surface area (Å²) in [4.78, 5) is 25.3. The SMILES string of the molecule is CC(=O)N1CCc2ccc(NC(=O)COc3ccccc3F)cc2C1. The van der Waals surface area contributed by atoms with Crippen molar-refractivity contribution in [2.45, 2.75) is 19.9 Å². The lowest BCUT2D eigenvalue weighted by atomic mass is 9.99. The van der Waals surface area contributed by atoms with Crippen LogP contribution in [0.3, 0.4) is 0 Å². The third-order valence-corrected chi connectivity index (χ3v) is 4.14. The highest BCUT2D eigenvalue weighted by molar-refractivity contribution is 5.92. The predicted octanol–water partition coefficient (Wildman–Crippen LogP) is 2.75. The van der Waals surface area contributed by atoms with E-state index in [1.165, 1.54) is 17.7 Å². The third-order valence-electron chi connectivity index (χ3n) is 4.14. The number of benzene rings is 2. The lowest BCUT2D eigenvalue weighted by molar-refractivity contribution is -0.129. The smallest absolute Gasteiger partial charge is 0.262 e. The van der Waals surface area contributed by atoms with Crippen molar-refractivity contribution in [1.82, 2.24) is 4.90 Å². The Morgan fingerprint density at radius 1 is 1.20 bits per heavy atom. The molecule has 1 N–H and O–H groups in total. The molecule has 0 unspecified atom stereocenters. The van der Waals surface area contributed by atoms with Gasteiger partial charge in [0.1, 0.15) is 0 Å². The van der Waals surface area contributed by atoms with Crippen LogP contribution in [0.15, 0.2) is 42.5 Å². The van der Waals surface area contributed by atoms with Crippen LogP contribution in [0.5, 0.6) is 5.75 Å². The van der Waals surface area contributed by atoms with Gasteiger partial charge in [-0.3, -0.25) is 9.59 Å². The van der Waals surface area contributed by atoms with Crippen LogP contribution in [-0.2, 0) is 22.6 Å². The first-order chi connectivity index (χ1) is 12.0. The maximum Gasteiger partial charge on any atom is 0.262 e. The van der Waals surface area contributed by atoms with Gasteiger partial charge in [0.2, 0.25) is 5.91 Å². The summed E-state index contributed by atoms with van der Waals surface area (Å²) in [6, 6.07) is 11.6. The topological polar surface area (TPSA) is 58.6 Å². The number of carbonyl (C=O) groups is 2. The Bertz CT molecular complexity index is 807. The van der Waals surface area contributed by atoms with Gasteiger partial charge in [-0.2, -0.15) is 0 Å². The van der Waals surface area contributed by atoms with Crippen LogP contribution in [0, 0.1) is 5.82 Å². The highest BCUT2D eigenvalue weighted by Gasteiger charge is 2.18. The number of rotatable bonds is 4. The molecule has 2 amide bonds. The number of nitrogens with one attached hydrogen (secondary N) is 1. The van der Waals surface area contributed by atoms with E-state index >= 15 is 0 Å². The van der Waals surface area contributed by atoms with Gasteiger partial charge >= 0.3 is 0 Å². The second kappa shape index (κ2) is 7.34. The first-order valence-corrected chi connectivity index (χ1v) is 8.07. The summed E-state index contributed by atoms with van der Waals surface area (Å²) < 4.78 is 18.7. The molecule has 1 aliphatic heterocycles. The molecule has 0 aromatic heterocycles. The van der Waals surface area contributed by atoms with Crippen molar-refractivity contribution >= 4 is 17.5 Å². The van der Waals surface area contributed by atoms with Crippen LogP contribution in [-0.4, -0.2) is 29.9 Å². The minimum atomic E-state index is -0.506. The molecule has 3 rings (SSSR count). The van der Waals surface area contributed by atoms with Gasteiger partial charge in [0, 0.05) is 25.7 Å². The van der Waals surface area contributed by atoms with Gasteiger partial charge in [-0.15, -0.1) is 0 Å². The number of amides is 2. The highest BCUT2D eigenvalue weighted by atomic mass is 19.1. The fraction of sp³-hybridized carbons (Fsp3) is 0.263. The van der Waals surface area contributed by atoms with E-state index in [1.807, 2.05) is 18.2 Å². The molecule has 5 nitrogen and oxygen atoms in total. The lowest BCUT2D eigenvalue weighted by Crippen LogP contribution is -2.34. The Balaban J connectivity index is 1.61. The number of hydrogen-bond acceptors (Lipinski definition) is 3. The van der Waals surface area contributed by atoms with Crippen molar-refractivity contribution in [3.8, 4) is 5.75 Å². The number of carbonyl (C=O) groups excluding carboxylic acids is 2. The molecule has 0 atom stereocenters. The standard InChI is InChI=1S/C19H19FN2O3/c1-13(23)22-9-8-14-6-7-16(10-15(14)11-22)21-19(24)12-25-18-5-3-2-4-17(18)20/h2-7,10H,8-9,11-12H2,1H3,(H,21,24). The second-order valence-corrected chi connectivity index (χ2v) is 5.94. The number of anilines is 1. The molecule has 0 saturated carbocycles. The fourth-order valence-corrected chi connectivity index (χ4v) is 2.81. The number of para-hydroxylation sites is 1. The average Bonchev–Trinajstić information content (AvgIpc) is 2.60. The molecule has 130 valence electrons. The van der Waals surface area contributed by atoms with Gasteiger partial charge in [-0.25, -0.2) is 4.39 Å². The molecule has 0 radical (unpaired) electrons. The lowest BCUT2D eigenvalue weighted by Gasteiger charge is -2.28. The quantitative estimate of drug-likeness (QED) is 0.929. The molecule has 2 aromatic rings. The van der Waals surface area contributed by atoms with Gasteiger partial charge in [0.05, 0.1) is 0 Å². The van der Waals surface area contributed by atoms with E-state index in [-0.39, 0.29) is 24.2 Å². The number of hydrogen-bond donors (Lipinski definition) is 1. The summed E-state index contributed by atoms with van der Waals surface area (Å²) in [7, 11) is 0. The fourth-order valence-electron chi connectivity index (χ4n) is 2.81. The summed E-state index contributed by atoms with van der Waals surface area (Å²) in [6.07, 6.45) is 0.805. The number of halogens is 1. The van der Waals surface area contributed by atoms with Gasteiger partial charge in [0.25, 0.3) is 5.91 Å². The molecule has 2 aromatic carbocycles.